The average Bonchev–Trinajstić information content (AvgIpc) is 2.79. The summed E-state index contributed by atoms with van der Waals surface area (Å²) in [4.78, 5) is 36.2. The van der Waals surface area contributed by atoms with Gasteiger partial charge in [-0.15, -0.1) is 11.8 Å². The summed E-state index contributed by atoms with van der Waals surface area (Å²) in [6.07, 6.45) is 1.72. The van der Waals surface area contributed by atoms with Gasteiger partial charge in [-0.1, -0.05) is 48.0 Å². The second-order valence-corrected chi connectivity index (χ2v) is 8.13. The molecule has 0 radical (unpaired) electrons. The van der Waals surface area contributed by atoms with Crippen LogP contribution in [-0.4, -0.2) is 22.9 Å². The Kier molecular flexibility index (Phi) is 7.83. The van der Waals surface area contributed by atoms with E-state index in [0.29, 0.717) is 5.69 Å². The molecule has 7 heteroatoms. The fourth-order valence-electron chi connectivity index (χ4n) is 2.83. The lowest BCUT2D eigenvalue weighted by Gasteiger charge is -2.17. The van der Waals surface area contributed by atoms with Crippen molar-refractivity contribution in [3.63, 3.8) is 0 Å². The molecule has 0 bridgehead atoms. The third kappa shape index (κ3) is 6.85. The molecule has 3 rings (SSSR count). The zero-order chi connectivity index (χ0) is 22.9. The first-order valence-corrected chi connectivity index (χ1v) is 10.7. The lowest BCUT2D eigenvalue weighted by Crippen LogP contribution is -2.19. The molecule has 0 aliphatic carbocycles. The van der Waals surface area contributed by atoms with Crippen LogP contribution in [0, 0.1) is 6.92 Å². The highest BCUT2D eigenvalue weighted by molar-refractivity contribution is 8.00. The molecule has 162 valence electrons. The molecule has 0 saturated heterocycles. The van der Waals surface area contributed by atoms with Crippen LogP contribution in [0.3, 0.4) is 0 Å². The van der Waals surface area contributed by atoms with E-state index in [2.05, 4.69) is 10.6 Å². The standard InChI is InChI=1S/C25H22N2O4S/c1-17-7-9-20(10-8-17)27-25(31)24(18-5-3-2-4-6-18)32-21-13-11-19(12-14-21)26-22(28)15-16-23(29)30/h2-16,24H,1H3,(H,26,28)(H,27,31)(H,29,30)/b16-15+. The maximum atomic E-state index is 13.1. The summed E-state index contributed by atoms with van der Waals surface area (Å²) in [6, 6.07) is 24.2. The first kappa shape index (κ1) is 22.8. The topological polar surface area (TPSA) is 95.5 Å². The normalized spacial score (nSPS) is 11.7. The van der Waals surface area contributed by atoms with Crippen LogP contribution in [-0.2, 0) is 14.4 Å². The predicted octanol–water partition coefficient (Wildman–Crippen LogP) is 5.05. The Labute approximate surface area is 190 Å². The van der Waals surface area contributed by atoms with Crippen molar-refractivity contribution in [1.82, 2.24) is 0 Å². The molecule has 0 aliphatic rings. The van der Waals surface area contributed by atoms with E-state index >= 15 is 0 Å². The van der Waals surface area contributed by atoms with Crippen LogP contribution in [0.2, 0.25) is 0 Å². The van der Waals surface area contributed by atoms with Crippen molar-refractivity contribution >= 4 is 40.9 Å². The molecule has 0 spiro atoms. The minimum absolute atomic E-state index is 0.138. The minimum atomic E-state index is -1.19. The number of carboxylic acid groups (broad SMARTS) is 1. The molecule has 0 aliphatic heterocycles. The number of thioether (sulfide) groups is 1. The number of carbonyl (C=O) groups is 3. The van der Waals surface area contributed by atoms with Crippen LogP contribution >= 0.6 is 11.8 Å². The van der Waals surface area contributed by atoms with Crippen molar-refractivity contribution in [3.8, 4) is 0 Å². The molecule has 6 nitrogen and oxygen atoms in total. The second-order valence-electron chi connectivity index (χ2n) is 6.95. The van der Waals surface area contributed by atoms with Crippen molar-refractivity contribution in [2.24, 2.45) is 0 Å². The summed E-state index contributed by atoms with van der Waals surface area (Å²) in [6.45, 7) is 1.99. The molecule has 1 unspecified atom stereocenters. The van der Waals surface area contributed by atoms with Gasteiger partial charge in [0.15, 0.2) is 0 Å². The van der Waals surface area contributed by atoms with Crippen molar-refractivity contribution < 1.29 is 19.5 Å². The number of carboxylic acids is 1. The number of rotatable bonds is 8. The highest BCUT2D eigenvalue weighted by atomic mass is 32.2. The number of aliphatic carboxylic acids is 1. The Balaban J connectivity index is 1.73. The molecule has 0 aromatic heterocycles. The monoisotopic (exact) mass is 446 g/mol. The van der Waals surface area contributed by atoms with Gasteiger partial charge in [-0.05, 0) is 48.9 Å². The number of carbonyl (C=O) groups excluding carboxylic acids is 2. The van der Waals surface area contributed by atoms with Gasteiger partial charge in [0.1, 0.15) is 5.25 Å². The summed E-state index contributed by atoms with van der Waals surface area (Å²) in [5, 5.41) is 13.7. The number of hydrogen-bond acceptors (Lipinski definition) is 4. The highest BCUT2D eigenvalue weighted by Crippen LogP contribution is 2.36. The fraction of sp³-hybridized carbons (Fsp3) is 0.0800. The Morgan fingerprint density at radius 2 is 1.41 bits per heavy atom. The highest BCUT2D eigenvalue weighted by Gasteiger charge is 2.22. The van der Waals surface area contributed by atoms with Gasteiger partial charge in [0.2, 0.25) is 11.8 Å². The number of nitrogens with one attached hydrogen (secondary N) is 2. The van der Waals surface area contributed by atoms with Gasteiger partial charge >= 0.3 is 5.97 Å². The number of benzene rings is 3. The number of hydrogen-bond donors (Lipinski definition) is 3. The molecule has 0 saturated carbocycles. The van der Waals surface area contributed by atoms with Gasteiger partial charge in [-0.2, -0.15) is 0 Å². The van der Waals surface area contributed by atoms with Gasteiger partial charge in [0.25, 0.3) is 0 Å². The minimum Gasteiger partial charge on any atom is -0.478 e. The third-order valence-corrected chi connectivity index (χ3v) is 5.68. The molecular formula is C25H22N2O4S. The molecule has 3 aromatic carbocycles. The maximum absolute atomic E-state index is 13.1. The van der Waals surface area contributed by atoms with E-state index in [0.717, 1.165) is 33.9 Å². The van der Waals surface area contributed by atoms with Gasteiger partial charge in [-0.25, -0.2) is 4.79 Å². The third-order valence-electron chi connectivity index (χ3n) is 4.41. The first-order chi connectivity index (χ1) is 15.4. The number of amides is 2. The molecule has 0 fully saturated rings. The molecule has 2 amide bonds. The lowest BCUT2D eigenvalue weighted by molar-refractivity contribution is -0.131. The van der Waals surface area contributed by atoms with Crippen LogP contribution in [0.5, 0.6) is 0 Å². The van der Waals surface area contributed by atoms with Crippen LogP contribution in [0.25, 0.3) is 0 Å². The van der Waals surface area contributed by atoms with Crippen LogP contribution in [0.4, 0.5) is 11.4 Å². The fourth-order valence-corrected chi connectivity index (χ4v) is 3.85. The zero-order valence-corrected chi connectivity index (χ0v) is 18.1. The Hall–Kier alpha value is -3.84. The van der Waals surface area contributed by atoms with Gasteiger partial charge in [0, 0.05) is 28.4 Å². The predicted molar refractivity (Wildman–Crippen MR) is 127 cm³/mol. The van der Waals surface area contributed by atoms with E-state index in [-0.39, 0.29) is 5.91 Å². The van der Waals surface area contributed by atoms with Crippen molar-refractivity contribution in [1.29, 1.82) is 0 Å². The van der Waals surface area contributed by atoms with Crippen LogP contribution < -0.4 is 10.6 Å². The zero-order valence-electron chi connectivity index (χ0n) is 17.3. The summed E-state index contributed by atoms with van der Waals surface area (Å²) in [7, 11) is 0. The molecule has 0 heterocycles. The van der Waals surface area contributed by atoms with E-state index in [1.54, 1.807) is 24.3 Å². The number of aryl methyl sites for hydroxylation is 1. The largest absolute Gasteiger partial charge is 0.478 e. The quantitative estimate of drug-likeness (QED) is 0.333. The lowest BCUT2D eigenvalue weighted by atomic mass is 10.1. The average molecular weight is 447 g/mol. The summed E-state index contributed by atoms with van der Waals surface area (Å²) in [5.41, 5.74) is 3.24. The van der Waals surface area contributed by atoms with Crippen LogP contribution in [0.1, 0.15) is 16.4 Å². The van der Waals surface area contributed by atoms with E-state index in [9.17, 15) is 14.4 Å². The summed E-state index contributed by atoms with van der Waals surface area (Å²) >= 11 is 1.40. The first-order valence-electron chi connectivity index (χ1n) is 9.82. The molecule has 32 heavy (non-hydrogen) atoms. The van der Waals surface area contributed by atoms with Gasteiger partial charge in [-0.3, -0.25) is 9.59 Å². The second kappa shape index (κ2) is 11.0. The van der Waals surface area contributed by atoms with Gasteiger partial charge < -0.3 is 15.7 Å². The van der Waals surface area contributed by atoms with E-state index in [1.165, 1.54) is 11.8 Å². The van der Waals surface area contributed by atoms with Crippen molar-refractivity contribution in [3.05, 3.63) is 102 Å². The maximum Gasteiger partial charge on any atom is 0.328 e. The molecule has 3 aromatic rings. The Morgan fingerprint density at radius 3 is 2.03 bits per heavy atom. The van der Waals surface area contributed by atoms with Gasteiger partial charge in [0.05, 0.1) is 0 Å². The Morgan fingerprint density at radius 1 is 0.812 bits per heavy atom. The van der Waals surface area contributed by atoms with E-state index in [4.69, 9.17) is 5.11 Å². The van der Waals surface area contributed by atoms with E-state index in [1.807, 2.05) is 61.5 Å². The molecular weight excluding hydrogens is 424 g/mol. The summed E-state index contributed by atoms with van der Waals surface area (Å²) in [5.74, 6) is -1.86. The molecule has 1 atom stereocenters. The number of anilines is 2. The van der Waals surface area contributed by atoms with E-state index < -0.39 is 17.1 Å². The summed E-state index contributed by atoms with van der Waals surface area (Å²) < 4.78 is 0. The Bertz CT molecular complexity index is 1110. The van der Waals surface area contributed by atoms with Crippen molar-refractivity contribution in [2.45, 2.75) is 17.1 Å². The smallest absolute Gasteiger partial charge is 0.328 e. The molecule has 3 N–H and O–H groups in total. The van der Waals surface area contributed by atoms with Crippen LogP contribution in [0.15, 0.2) is 95.9 Å². The van der Waals surface area contributed by atoms with Crippen molar-refractivity contribution in [2.75, 3.05) is 10.6 Å². The SMILES string of the molecule is Cc1ccc(NC(=O)C(Sc2ccc(NC(=O)/C=C/C(=O)O)cc2)c2ccccc2)cc1.